The van der Waals surface area contributed by atoms with E-state index in [1.807, 2.05) is 30.3 Å². The van der Waals surface area contributed by atoms with E-state index in [2.05, 4.69) is 15.5 Å². The molecule has 0 bridgehead atoms. The maximum Gasteiger partial charge on any atom is 0.284 e. The van der Waals surface area contributed by atoms with Crippen LogP contribution in [0.4, 0.5) is 5.69 Å². The zero-order valence-corrected chi connectivity index (χ0v) is 16.3. The number of carbonyl (C=O) groups is 1. The van der Waals surface area contributed by atoms with Gasteiger partial charge in [-0.05, 0) is 55.5 Å². The van der Waals surface area contributed by atoms with Crippen molar-refractivity contribution in [2.24, 2.45) is 0 Å². The van der Waals surface area contributed by atoms with Gasteiger partial charge in [0.2, 0.25) is 5.91 Å². The molecule has 0 aliphatic rings. The first-order valence-corrected chi connectivity index (χ1v) is 9.73. The predicted molar refractivity (Wildman–Crippen MR) is 109 cm³/mol. The van der Waals surface area contributed by atoms with Gasteiger partial charge in [-0.15, -0.1) is 10.2 Å². The fraction of sp³-hybridized carbons (Fsp3) is 0.0952. The molecule has 0 aliphatic heterocycles. The predicted octanol–water partition coefficient (Wildman–Crippen LogP) is 5.24. The van der Waals surface area contributed by atoms with E-state index in [0.29, 0.717) is 22.4 Å². The number of thioether (sulfide) groups is 1. The van der Waals surface area contributed by atoms with Crippen LogP contribution in [-0.4, -0.2) is 21.4 Å². The average Bonchev–Trinajstić information content (AvgIpc) is 3.42. The Morgan fingerprint density at radius 1 is 1.00 bits per heavy atom. The van der Waals surface area contributed by atoms with Crippen LogP contribution in [0.5, 0.6) is 11.5 Å². The molecular weight excluding hydrogens is 390 g/mol. The number of benzene rings is 2. The number of furan rings is 1. The van der Waals surface area contributed by atoms with Gasteiger partial charge in [-0.2, -0.15) is 0 Å². The lowest BCUT2D eigenvalue weighted by Gasteiger charge is -2.11. The summed E-state index contributed by atoms with van der Waals surface area (Å²) in [5.74, 6) is 2.03. The van der Waals surface area contributed by atoms with E-state index in [9.17, 15) is 4.79 Å². The van der Waals surface area contributed by atoms with Crippen molar-refractivity contribution in [3.8, 4) is 23.1 Å². The number of carbonyl (C=O) groups excluding carboxylic acids is 1. The van der Waals surface area contributed by atoms with E-state index in [-0.39, 0.29) is 11.8 Å². The number of aromatic nitrogens is 2. The van der Waals surface area contributed by atoms with Crippen LogP contribution in [0, 0.1) is 0 Å². The molecule has 1 amide bonds. The smallest absolute Gasteiger partial charge is 0.284 e. The Morgan fingerprint density at radius 2 is 1.76 bits per heavy atom. The number of rotatable bonds is 7. The summed E-state index contributed by atoms with van der Waals surface area (Å²) in [6.45, 7) is 1.77. The minimum absolute atomic E-state index is 0.176. The number of anilines is 1. The number of hydrogen-bond acceptors (Lipinski definition) is 7. The van der Waals surface area contributed by atoms with Crippen LogP contribution < -0.4 is 10.1 Å². The van der Waals surface area contributed by atoms with Gasteiger partial charge in [0.25, 0.3) is 11.1 Å². The van der Waals surface area contributed by atoms with Gasteiger partial charge >= 0.3 is 0 Å². The molecule has 4 rings (SSSR count). The molecular formula is C21H17N3O4S. The van der Waals surface area contributed by atoms with Crippen molar-refractivity contribution >= 4 is 23.4 Å². The molecule has 29 heavy (non-hydrogen) atoms. The summed E-state index contributed by atoms with van der Waals surface area (Å²) < 4.78 is 16.5. The van der Waals surface area contributed by atoms with Crippen LogP contribution >= 0.6 is 11.8 Å². The molecule has 146 valence electrons. The van der Waals surface area contributed by atoms with Crippen LogP contribution in [-0.2, 0) is 4.79 Å². The molecule has 1 N–H and O–H groups in total. The van der Waals surface area contributed by atoms with Gasteiger partial charge in [-0.25, -0.2) is 0 Å². The highest BCUT2D eigenvalue weighted by Crippen LogP contribution is 2.27. The highest BCUT2D eigenvalue weighted by molar-refractivity contribution is 8.00. The Kier molecular flexibility index (Phi) is 5.62. The Labute approximate surface area is 171 Å². The zero-order chi connectivity index (χ0) is 20.1. The van der Waals surface area contributed by atoms with Crippen molar-refractivity contribution in [3.63, 3.8) is 0 Å². The summed E-state index contributed by atoms with van der Waals surface area (Å²) in [5.41, 5.74) is 0.671. The zero-order valence-electron chi connectivity index (χ0n) is 15.4. The SMILES string of the molecule is C[C@H](Sc1nnc(-c2ccco2)o1)C(=O)Nc1ccc(Oc2ccccc2)cc1. The monoisotopic (exact) mass is 407 g/mol. The second-order valence-electron chi connectivity index (χ2n) is 6.04. The normalized spacial score (nSPS) is 11.8. The Balaban J connectivity index is 1.32. The third-order valence-electron chi connectivity index (χ3n) is 3.89. The van der Waals surface area contributed by atoms with E-state index in [1.54, 1.807) is 43.3 Å². The second kappa shape index (κ2) is 8.66. The summed E-state index contributed by atoms with van der Waals surface area (Å²) in [5, 5.41) is 10.6. The number of nitrogens with one attached hydrogen (secondary N) is 1. The number of nitrogens with zero attached hydrogens (tertiary/aromatic N) is 2. The summed E-state index contributed by atoms with van der Waals surface area (Å²) in [6, 6.07) is 20.1. The second-order valence-corrected chi connectivity index (χ2v) is 7.33. The molecule has 4 aromatic rings. The largest absolute Gasteiger partial charge is 0.459 e. The first-order valence-electron chi connectivity index (χ1n) is 8.85. The van der Waals surface area contributed by atoms with Crippen LogP contribution in [0.15, 0.2) is 87.1 Å². The fourth-order valence-electron chi connectivity index (χ4n) is 2.44. The molecule has 0 spiro atoms. The highest BCUT2D eigenvalue weighted by atomic mass is 32.2. The molecule has 7 nitrogen and oxygen atoms in total. The molecule has 2 aromatic heterocycles. The highest BCUT2D eigenvalue weighted by Gasteiger charge is 2.19. The van der Waals surface area contributed by atoms with Crippen molar-refractivity contribution in [3.05, 3.63) is 73.0 Å². The maximum absolute atomic E-state index is 12.5. The molecule has 0 saturated heterocycles. The topological polar surface area (TPSA) is 90.4 Å². The fourth-order valence-corrected chi connectivity index (χ4v) is 3.12. The third-order valence-corrected chi connectivity index (χ3v) is 4.82. The van der Waals surface area contributed by atoms with E-state index in [0.717, 1.165) is 5.75 Å². The quantitative estimate of drug-likeness (QED) is 0.419. The van der Waals surface area contributed by atoms with Crippen LogP contribution in [0.2, 0.25) is 0 Å². The van der Waals surface area contributed by atoms with E-state index in [4.69, 9.17) is 13.6 Å². The van der Waals surface area contributed by atoms with Gasteiger partial charge < -0.3 is 18.9 Å². The van der Waals surface area contributed by atoms with Gasteiger partial charge in [-0.1, -0.05) is 30.0 Å². The third kappa shape index (κ3) is 4.85. The van der Waals surface area contributed by atoms with Gasteiger partial charge in [0.15, 0.2) is 5.76 Å². The lowest BCUT2D eigenvalue weighted by Crippen LogP contribution is -2.22. The van der Waals surface area contributed by atoms with Crippen LogP contribution in [0.3, 0.4) is 0 Å². The van der Waals surface area contributed by atoms with Gasteiger partial charge in [0.1, 0.15) is 11.5 Å². The molecule has 1 atom stereocenters. The van der Waals surface area contributed by atoms with Gasteiger partial charge in [0, 0.05) is 5.69 Å². The summed E-state index contributed by atoms with van der Waals surface area (Å²) >= 11 is 1.18. The molecule has 2 aromatic carbocycles. The number of para-hydroxylation sites is 1. The maximum atomic E-state index is 12.5. The lowest BCUT2D eigenvalue weighted by atomic mass is 10.3. The van der Waals surface area contributed by atoms with Gasteiger partial charge in [0.05, 0.1) is 11.5 Å². The number of hydrogen-bond donors (Lipinski definition) is 1. The Morgan fingerprint density at radius 3 is 2.48 bits per heavy atom. The van der Waals surface area contributed by atoms with E-state index in [1.165, 1.54) is 18.0 Å². The number of ether oxygens (including phenoxy) is 1. The summed E-state index contributed by atoms with van der Waals surface area (Å²) in [7, 11) is 0. The molecule has 0 aliphatic carbocycles. The Bertz CT molecular complexity index is 1060. The number of amides is 1. The van der Waals surface area contributed by atoms with E-state index >= 15 is 0 Å². The summed E-state index contributed by atoms with van der Waals surface area (Å²) in [4.78, 5) is 12.5. The first-order chi connectivity index (χ1) is 14.2. The molecule has 2 heterocycles. The standard InChI is InChI=1S/C21H17N3O4S/c1-14(29-21-24-23-20(28-21)18-8-5-13-26-18)19(25)22-15-9-11-17(12-10-15)27-16-6-3-2-4-7-16/h2-14H,1H3,(H,22,25)/t14-/m0/s1. The van der Waals surface area contributed by atoms with Crippen LogP contribution in [0.25, 0.3) is 11.7 Å². The van der Waals surface area contributed by atoms with E-state index < -0.39 is 5.25 Å². The molecule has 8 heteroatoms. The molecule has 0 saturated carbocycles. The minimum Gasteiger partial charge on any atom is -0.459 e. The lowest BCUT2D eigenvalue weighted by molar-refractivity contribution is -0.115. The van der Waals surface area contributed by atoms with Crippen molar-refractivity contribution in [2.45, 2.75) is 17.4 Å². The average molecular weight is 407 g/mol. The molecule has 0 radical (unpaired) electrons. The molecule has 0 fully saturated rings. The van der Waals surface area contributed by atoms with Crippen molar-refractivity contribution in [1.82, 2.24) is 10.2 Å². The van der Waals surface area contributed by atoms with Crippen LogP contribution in [0.1, 0.15) is 6.92 Å². The molecule has 0 unspecified atom stereocenters. The van der Waals surface area contributed by atoms with Crippen molar-refractivity contribution in [1.29, 1.82) is 0 Å². The van der Waals surface area contributed by atoms with Crippen molar-refractivity contribution < 1.29 is 18.4 Å². The first kappa shape index (κ1) is 18.8. The summed E-state index contributed by atoms with van der Waals surface area (Å²) in [6.07, 6.45) is 1.53. The minimum atomic E-state index is -0.430. The Hall–Kier alpha value is -3.52. The van der Waals surface area contributed by atoms with Crippen molar-refractivity contribution in [2.75, 3.05) is 5.32 Å². The van der Waals surface area contributed by atoms with Gasteiger partial charge in [-0.3, -0.25) is 4.79 Å².